The number of nitrogens with zero attached hydrogens (tertiary/aromatic N) is 1. The van der Waals surface area contributed by atoms with E-state index in [-0.39, 0.29) is 22.8 Å². The van der Waals surface area contributed by atoms with Crippen LogP contribution >= 0.6 is 0 Å². The standard InChI is InChI=1S/C24H28N2O6S/c1-3-31-20-12-11-18(15-21(20)33(29,30)26-13-7-4-8-14-26)25-23(28)24(2)16-17-9-5-6-10-19(17)22(27)32-24/h5-6,9-12,15H,3-4,7-8,13-14,16H2,1-2H3,(H,25,28). The maximum absolute atomic E-state index is 13.3. The van der Waals surface area contributed by atoms with Crippen molar-refractivity contribution in [3.63, 3.8) is 0 Å². The summed E-state index contributed by atoms with van der Waals surface area (Å²) >= 11 is 0. The first-order valence-corrected chi connectivity index (χ1v) is 12.6. The summed E-state index contributed by atoms with van der Waals surface area (Å²) in [5, 5.41) is 2.73. The molecular weight excluding hydrogens is 444 g/mol. The highest BCUT2D eigenvalue weighted by atomic mass is 32.2. The molecule has 1 N–H and O–H groups in total. The molecule has 1 fully saturated rings. The van der Waals surface area contributed by atoms with Gasteiger partial charge in [0.15, 0.2) is 5.60 Å². The quantitative estimate of drug-likeness (QED) is 0.647. The third kappa shape index (κ3) is 4.60. The van der Waals surface area contributed by atoms with Crippen LogP contribution in [0, 0.1) is 0 Å². The minimum Gasteiger partial charge on any atom is -0.492 e. The number of amides is 1. The Hall–Kier alpha value is -2.91. The molecule has 8 nitrogen and oxygen atoms in total. The fourth-order valence-electron chi connectivity index (χ4n) is 4.23. The van der Waals surface area contributed by atoms with E-state index in [9.17, 15) is 18.0 Å². The predicted molar refractivity (Wildman–Crippen MR) is 123 cm³/mol. The first kappa shape index (κ1) is 23.3. The van der Waals surface area contributed by atoms with E-state index < -0.39 is 27.5 Å². The highest BCUT2D eigenvalue weighted by Gasteiger charge is 2.42. The zero-order chi connectivity index (χ0) is 23.6. The number of sulfonamides is 1. The molecule has 1 amide bonds. The number of piperidine rings is 1. The molecule has 2 aliphatic rings. The topological polar surface area (TPSA) is 102 Å². The number of fused-ring (bicyclic) bond motifs is 1. The average Bonchev–Trinajstić information content (AvgIpc) is 2.80. The summed E-state index contributed by atoms with van der Waals surface area (Å²) in [5.41, 5.74) is 0.0380. The van der Waals surface area contributed by atoms with Crippen LogP contribution in [-0.4, -0.2) is 49.9 Å². The van der Waals surface area contributed by atoms with E-state index in [4.69, 9.17) is 9.47 Å². The highest BCUT2D eigenvalue weighted by Crippen LogP contribution is 2.33. The van der Waals surface area contributed by atoms with Gasteiger partial charge in [-0.15, -0.1) is 0 Å². The van der Waals surface area contributed by atoms with Gasteiger partial charge in [-0.25, -0.2) is 13.2 Å². The fraction of sp³-hybridized carbons (Fsp3) is 0.417. The van der Waals surface area contributed by atoms with Gasteiger partial charge in [-0.05, 0) is 56.5 Å². The number of carbonyl (C=O) groups is 2. The van der Waals surface area contributed by atoms with Gasteiger partial charge in [0.2, 0.25) is 10.0 Å². The molecule has 0 saturated carbocycles. The Morgan fingerprint density at radius 2 is 1.88 bits per heavy atom. The van der Waals surface area contributed by atoms with E-state index in [1.807, 2.05) is 0 Å². The molecule has 0 radical (unpaired) electrons. The minimum atomic E-state index is -3.79. The minimum absolute atomic E-state index is 0.0141. The van der Waals surface area contributed by atoms with Gasteiger partial charge in [-0.1, -0.05) is 24.6 Å². The zero-order valence-corrected chi connectivity index (χ0v) is 19.6. The second-order valence-corrected chi connectivity index (χ2v) is 10.4. The van der Waals surface area contributed by atoms with Crippen molar-refractivity contribution in [1.29, 1.82) is 0 Å². The van der Waals surface area contributed by atoms with E-state index in [1.165, 1.54) is 10.4 Å². The van der Waals surface area contributed by atoms with Gasteiger partial charge in [0.1, 0.15) is 10.6 Å². The Labute approximate surface area is 193 Å². The Kier molecular flexibility index (Phi) is 6.45. The number of ether oxygens (including phenoxy) is 2. The molecule has 1 saturated heterocycles. The number of cyclic esters (lactones) is 1. The molecule has 9 heteroatoms. The SMILES string of the molecule is CCOc1ccc(NC(=O)C2(C)Cc3ccccc3C(=O)O2)cc1S(=O)(=O)N1CCCCC1. The summed E-state index contributed by atoms with van der Waals surface area (Å²) in [7, 11) is -3.79. The fourth-order valence-corrected chi connectivity index (χ4v) is 5.90. The van der Waals surface area contributed by atoms with Crippen molar-refractivity contribution in [2.75, 3.05) is 25.0 Å². The predicted octanol–water partition coefficient (Wildman–Crippen LogP) is 3.37. The van der Waals surface area contributed by atoms with Gasteiger partial charge < -0.3 is 14.8 Å². The summed E-state index contributed by atoms with van der Waals surface area (Å²) in [5.74, 6) is -0.851. The first-order chi connectivity index (χ1) is 15.7. The smallest absolute Gasteiger partial charge is 0.339 e. The third-order valence-electron chi connectivity index (χ3n) is 6.00. The van der Waals surface area contributed by atoms with E-state index in [0.717, 1.165) is 24.8 Å². The van der Waals surface area contributed by atoms with E-state index >= 15 is 0 Å². The average molecular weight is 473 g/mol. The molecule has 176 valence electrons. The van der Waals surface area contributed by atoms with Gasteiger partial charge in [-0.3, -0.25) is 4.79 Å². The maximum Gasteiger partial charge on any atom is 0.339 e. The first-order valence-electron chi connectivity index (χ1n) is 11.1. The normalized spacial score (nSPS) is 21.1. The van der Waals surface area contributed by atoms with Crippen molar-refractivity contribution >= 4 is 27.6 Å². The lowest BCUT2D eigenvalue weighted by Crippen LogP contribution is -2.48. The van der Waals surface area contributed by atoms with E-state index in [1.54, 1.807) is 50.2 Å². The van der Waals surface area contributed by atoms with Crippen LogP contribution in [0.2, 0.25) is 0 Å². The number of benzene rings is 2. The van der Waals surface area contributed by atoms with Crippen LogP contribution in [0.3, 0.4) is 0 Å². The summed E-state index contributed by atoms with van der Waals surface area (Å²) in [6, 6.07) is 11.5. The van der Waals surface area contributed by atoms with Crippen molar-refractivity contribution in [3.05, 3.63) is 53.6 Å². The molecule has 2 heterocycles. The monoisotopic (exact) mass is 472 g/mol. The van der Waals surface area contributed by atoms with Crippen LogP contribution in [0.25, 0.3) is 0 Å². The Balaban J connectivity index is 1.61. The van der Waals surface area contributed by atoms with Crippen LogP contribution < -0.4 is 10.1 Å². The highest BCUT2D eigenvalue weighted by molar-refractivity contribution is 7.89. The molecular formula is C24H28N2O6S. The number of rotatable bonds is 6. The molecule has 0 aliphatic carbocycles. The largest absolute Gasteiger partial charge is 0.492 e. The van der Waals surface area contributed by atoms with Gasteiger partial charge in [0.25, 0.3) is 5.91 Å². The molecule has 0 bridgehead atoms. The lowest BCUT2D eigenvalue weighted by molar-refractivity contribution is -0.134. The molecule has 4 rings (SSSR count). The van der Waals surface area contributed by atoms with Crippen LogP contribution in [-0.2, 0) is 26.0 Å². The number of nitrogens with one attached hydrogen (secondary N) is 1. The number of carbonyl (C=O) groups excluding carboxylic acids is 2. The molecule has 1 unspecified atom stereocenters. The van der Waals surface area contributed by atoms with Gasteiger partial charge in [0.05, 0.1) is 12.2 Å². The number of hydrogen-bond acceptors (Lipinski definition) is 6. The number of hydrogen-bond donors (Lipinski definition) is 1. The van der Waals surface area contributed by atoms with E-state index in [0.29, 0.717) is 25.3 Å². The molecule has 2 aromatic rings. The summed E-state index contributed by atoms with van der Waals surface area (Å²) in [6.45, 7) is 4.55. The molecule has 2 aromatic carbocycles. The molecule has 1 atom stereocenters. The summed E-state index contributed by atoms with van der Waals surface area (Å²) in [4.78, 5) is 25.6. The van der Waals surface area contributed by atoms with Crippen molar-refractivity contribution in [2.24, 2.45) is 0 Å². The zero-order valence-electron chi connectivity index (χ0n) is 18.8. The van der Waals surface area contributed by atoms with Crippen LogP contribution in [0.4, 0.5) is 5.69 Å². The van der Waals surface area contributed by atoms with Crippen LogP contribution in [0.5, 0.6) is 5.75 Å². The second-order valence-electron chi connectivity index (χ2n) is 8.47. The Bertz CT molecular complexity index is 1170. The Morgan fingerprint density at radius 1 is 1.15 bits per heavy atom. The number of esters is 1. The molecule has 33 heavy (non-hydrogen) atoms. The summed E-state index contributed by atoms with van der Waals surface area (Å²) in [6.07, 6.45) is 2.84. The maximum atomic E-state index is 13.3. The van der Waals surface area contributed by atoms with Crippen LogP contribution in [0.15, 0.2) is 47.4 Å². The second kappa shape index (κ2) is 9.15. The van der Waals surface area contributed by atoms with Crippen molar-refractivity contribution in [3.8, 4) is 5.75 Å². The van der Waals surface area contributed by atoms with Crippen molar-refractivity contribution in [1.82, 2.24) is 4.31 Å². The lowest BCUT2D eigenvalue weighted by Gasteiger charge is -2.33. The lowest BCUT2D eigenvalue weighted by atomic mass is 9.89. The van der Waals surface area contributed by atoms with Gasteiger partial charge in [0, 0.05) is 25.2 Å². The Morgan fingerprint density at radius 3 is 2.61 bits per heavy atom. The molecule has 0 aromatic heterocycles. The summed E-state index contributed by atoms with van der Waals surface area (Å²) < 4.78 is 39.2. The third-order valence-corrected chi connectivity index (χ3v) is 7.92. The van der Waals surface area contributed by atoms with E-state index in [2.05, 4.69) is 5.32 Å². The number of anilines is 1. The molecule has 0 spiro atoms. The van der Waals surface area contributed by atoms with Gasteiger partial charge >= 0.3 is 5.97 Å². The van der Waals surface area contributed by atoms with Crippen LogP contribution in [0.1, 0.15) is 49.0 Å². The molecule has 2 aliphatic heterocycles. The van der Waals surface area contributed by atoms with Crippen molar-refractivity contribution in [2.45, 2.75) is 50.0 Å². The van der Waals surface area contributed by atoms with Gasteiger partial charge in [-0.2, -0.15) is 4.31 Å². The van der Waals surface area contributed by atoms with Crippen molar-refractivity contribution < 1.29 is 27.5 Å².